The lowest BCUT2D eigenvalue weighted by Gasteiger charge is -1.98. The van der Waals surface area contributed by atoms with E-state index in [1.54, 1.807) is 25.2 Å². The zero-order chi connectivity index (χ0) is 14.9. The smallest absolute Gasteiger partial charge is 0.450 e. The van der Waals surface area contributed by atoms with Gasteiger partial charge in [-0.15, -0.1) is 12.4 Å². The van der Waals surface area contributed by atoms with E-state index in [0.717, 1.165) is 0 Å². The Kier molecular flexibility index (Phi) is 11.6. The number of hydrogen-bond donors (Lipinski definition) is 3. The average molecular weight is 392 g/mol. The highest BCUT2D eigenvalue weighted by atomic mass is 79.9. The van der Waals surface area contributed by atoms with E-state index < -0.39 is 16.2 Å². The van der Waals surface area contributed by atoms with E-state index in [2.05, 4.69) is 26.0 Å². The van der Waals surface area contributed by atoms with Gasteiger partial charge >= 0.3 is 6.16 Å². The molecule has 0 unspecified atom stereocenters. The molecule has 0 aliphatic rings. The van der Waals surface area contributed by atoms with Crippen LogP contribution < -0.4 is 10.5 Å². The maximum absolute atomic E-state index is 10.8. The first-order valence-electron chi connectivity index (χ1n) is 5.06. The number of sulfonamides is 1. The summed E-state index contributed by atoms with van der Waals surface area (Å²) in [6.07, 6.45) is -1.22. The van der Waals surface area contributed by atoms with Crippen LogP contribution in [-0.4, -0.2) is 39.9 Å². The third-order valence-electron chi connectivity index (χ3n) is 1.72. The van der Waals surface area contributed by atoms with Crippen molar-refractivity contribution >= 4 is 44.5 Å². The predicted octanol–water partition coefficient (Wildman–Crippen LogP) is 1.42. The minimum absolute atomic E-state index is 0. The lowest BCUT2D eigenvalue weighted by atomic mass is 10.4. The van der Waals surface area contributed by atoms with Gasteiger partial charge in [0.15, 0.2) is 0 Å². The normalized spacial score (nSPS) is 9.75. The van der Waals surface area contributed by atoms with Crippen LogP contribution in [0.3, 0.4) is 0 Å². The summed E-state index contributed by atoms with van der Waals surface area (Å²) >= 11 is 3.07. The van der Waals surface area contributed by atoms with Gasteiger partial charge in [-0.3, -0.25) is 0 Å². The molecule has 4 N–H and O–H groups in total. The van der Waals surface area contributed by atoms with Gasteiger partial charge < -0.3 is 15.2 Å². The quantitative estimate of drug-likeness (QED) is 0.527. The number of carboxylic acid groups (broad SMARTS) is 1. The highest BCUT2D eigenvalue weighted by molar-refractivity contribution is 9.10. The van der Waals surface area contributed by atoms with Crippen molar-refractivity contribution in [2.45, 2.75) is 4.90 Å². The maximum Gasteiger partial charge on any atom is 0.505 e. The van der Waals surface area contributed by atoms with E-state index in [1.165, 1.54) is 6.07 Å². The average Bonchev–Trinajstić information content (AvgIpc) is 2.29. The molecular weight excluding hydrogens is 376 g/mol. The molecule has 0 spiro atoms. The van der Waals surface area contributed by atoms with Crippen LogP contribution in [0.1, 0.15) is 0 Å². The van der Waals surface area contributed by atoms with Crippen LogP contribution in [0.25, 0.3) is 0 Å². The number of nitrogens with two attached hydrogens (primary N) is 1. The van der Waals surface area contributed by atoms with Crippen LogP contribution in [0.4, 0.5) is 4.79 Å². The topological polar surface area (TPSA) is 119 Å². The number of likely N-dealkylation sites (N-methyl/N-ethyl adjacent to an activating group) is 1. The molecule has 0 saturated heterocycles. The van der Waals surface area contributed by atoms with Gasteiger partial charge in [0.25, 0.3) is 0 Å². The van der Waals surface area contributed by atoms with Gasteiger partial charge in [-0.2, -0.15) is 0 Å². The fourth-order valence-electron chi connectivity index (χ4n) is 0.916. The number of primary sulfonamides is 1. The summed E-state index contributed by atoms with van der Waals surface area (Å²) in [5.41, 5.74) is 0. The fraction of sp³-hybridized carbons (Fsp3) is 0.300. The third-order valence-corrected chi connectivity index (χ3v) is 3.64. The van der Waals surface area contributed by atoms with Crippen molar-refractivity contribution in [3.63, 3.8) is 0 Å². The molecule has 7 nitrogen and oxygen atoms in total. The van der Waals surface area contributed by atoms with Crippen LogP contribution in [0.15, 0.2) is 33.6 Å². The molecule has 10 heteroatoms. The van der Waals surface area contributed by atoms with E-state index in [9.17, 15) is 13.2 Å². The lowest BCUT2D eigenvalue weighted by Crippen LogP contribution is -2.16. The Morgan fingerprint density at radius 3 is 2.35 bits per heavy atom. The molecule has 0 saturated carbocycles. The largest absolute Gasteiger partial charge is 0.505 e. The predicted molar refractivity (Wildman–Crippen MR) is 80.7 cm³/mol. The molecule has 1 aromatic carbocycles. The summed E-state index contributed by atoms with van der Waals surface area (Å²) in [6.45, 7) is 0.776. The molecule has 0 aliphatic heterocycles. The van der Waals surface area contributed by atoms with Crippen LogP contribution in [0.2, 0.25) is 0 Å². The highest BCUT2D eigenvalue weighted by Crippen LogP contribution is 2.19. The Morgan fingerprint density at radius 1 is 1.45 bits per heavy atom. The van der Waals surface area contributed by atoms with E-state index in [1.807, 2.05) is 0 Å². The van der Waals surface area contributed by atoms with E-state index in [4.69, 9.17) is 10.2 Å². The van der Waals surface area contributed by atoms with Crippen molar-refractivity contribution in [3.05, 3.63) is 28.7 Å². The fourth-order valence-corrected chi connectivity index (χ4v) is 2.49. The Hall–Kier alpha value is -0.870. The van der Waals surface area contributed by atoms with E-state index >= 15 is 0 Å². The summed E-state index contributed by atoms with van der Waals surface area (Å²) < 4.78 is 26.2. The van der Waals surface area contributed by atoms with Gasteiger partial charge in [-0.05, 0) is 35.1 Å². The first-order valence-corrected chi connectivity index (χ1v) is 7.40. The molecule has 0 radical (unpaired) electrons. The zero-order valence-electron chi connectivity index (χ0n) is 10.6. The number of halogens is 2. The van der Waals surface area contributed by atoms with Gasteiger partial charge in [0.2, 0.25) is 10.0 Å². The number of ether oxygens (including phenoxy) is 1. The standard InChI is InChI=1S/C6H6BrNO2S.C4H9NO3.ClH/c7-5-3-1-2-4-6(5)11(8,9)10;1-5-2-3-8-4(6)7;/h1-4H,(H2,8,9,10);5H,2-3H2,1H3,(H,6,7);1H. The molecule has 20 heavy (non-hydrogen) atoms. The highest BCUT2D eigenvalue weighted by Gasteiger charge is 2.09. The molecule has 0 fully saturated rings. The molecule has 0 aliphatic carbocycles. The Balaban J connectivity index is 0. The summed E-state index contributed by atoms with van der Waals surface area (Å²) in [5.74, 6) is 0. The van der Waals surface area contributed by atoms with Crippen LogP contribution >= 0.6 is 28.3 Å². The Bertz CT molecular complexity index is 512. The number of nitrogens with one attached hydrogen (secondary N) is 1. The molecule has 116 valence electrons. The van der Waals surface area contributed by atoms with Crippen molar-refractivity contribution in [2.75, 3.05) is 20.2 Å². The molecule has 0 heterocycles. The SMILES string of the molecule is CNCCOC(=O)O.Cl.NS(=O)(=O)c1ccccc1Br. The molecule has 0 amide bonds. The van der Waals surface area contributed by atoms with Gasteiger partial charge in [0.05, 0.1) is 4.90 Å². The van der Waals surface area contributed by atoms with E-state index in [-0.39, 0.29) is 23.9 Å². The van der Waals surface area contributed by atoms with Crippen LogP contribution in [-0.2, 0) is 14.8 Å². The molecule has 0 atom stereocenters. The van der Waals surface area contributed by atoms with Gasteiger partial charge in [-0.25, -0.2) is 18.4 Å². The zero-order valence-corrected chi connectivity index (χ0v) is 13.8. The van der Waals surface area contributed by atoms with Crippen molar-refractivity contribution in [3.8, 4) is 0 Å². The molecular formula is C10H16BrClN2O5S. The second kappa shape index (κ2) is 10.9. The summed E-state index contributed by atoms with van der Waals surface area (Å²) in [7, 11) is -1.85. The van der Waals surface area contributed by atoms with Gasteiger partial charge in [0, 0.05) is 11.0 Å². The van der Waals surface area contributed by atoms with E-state index in [0.29, 0.717) is 11.0 Å². The summed E-state index contributed by atoms with van der Waals surface area (Å²) in [5, 5.41) is 15.5. The molecule has 0 bridgehead atoms. The number of rotatable bonds is 4. The van der Waals surface area contributed by atoms with Crippen molar-refractivity contribution in [2.24, 2.45) is 5.14 Å². The first kappa shape index (κ1) is 21.4. The van der Waals surface area contributed by atoms with Crippen molar-refractivity contribution in [1.82, 2.24) is 5.32 Å². The summed E-state index contributed by atoms with van der Waals surface area (Å²) in [4.78, 5) is 9.74. The second-order valence-electron chi connectivity index (χ2n) is 3.19. The monoisotopic (exact) mass is 390 g/mol. The van der Waals surface area contributed by atoms with Crippen LogP contribution in [0.5, 0.6) is 0 Å². The number of hydrogen-bond acceptors (Lipinski definition) is 5. The molecule has 1 aromatic rings. The molecule has 1 rings (SSSR count). The van der Waals surface area contributed by atoms with Crippen molar-refractivity contribution < 1.29 is 23.1 Å². The molecule has 0 aromatic heterocycles. The van der Waals surface area contributed by atoms with Crippen LogP contribution in [0, 0.1) is 0 Å². The number of carbonyl (C=O) groups is 1. The second-order valence-corrected chi connectivity index (χ2v) is 5.58. The maximum atomic E-state index is 10.8. The van der Waals surface area contributed by atoms with Crippen molar-refractivity contribution in [1.29, 1.82) is 0 Å². The summed E-state index contributed by atoms with van der Waals surface area (Å²) in [6, 6.07) is 6.41. The first-order chi connectivity index (χ1) is 8.79. The minimum Gasteiger partial charge on any atom is -0.450 e. The lowest BCUT2D eigenvalue weighted by molar-refractivity contribution is 0.0928. The number of benzene rings is 1. The van der Waals surface area contributed by atoms with Gasteiger partial charge in [-0.1, -0.05) is 12.1 Å². The third kappa shape index (κ3) is 9.98. The van der Waals surface area contributed by atoms with Gasteiger partial charge in [0.1, 0.15) is 6.61 Å². The Morgan fingerprint density at radius 2 is 2.00 bits per heavy atom. The Labute approximate surface area is 132 Å². The minimum atomic E-state index is -3.58.